The van der Waals surface area contributed by atoms with Crippen molar-refractivity contribution >= 4 is 11.6 Å². The van der Waals surface area contributed by atoms with Crippen LogP contribution < -0.4 is 0 Å². The third-order valence-electron chi connectivity index (χ3n) is 3.80. The number of aromatic nitrogens is 3. The lowest BCUT2D eigenvalue weighted by Gasteiger charge is -2.22. The van der Waals surface area contributed by atoms with Crippen LogP contribution in [0.25, 0.3) is 0 Å². The zero-order valence-corrected chi connectivity index (χ0v) is 8.82. The molecule has 2 aliphatic carbocycles. The average molecular weight is 212 g/mol. The summed E-state index contributed by atoms with van der Waals surface area (Å²) in [6.45, 7) is 0. The van der Waals surface area contributed by atoms with Gasteiger partial charge in [-0.2, -0.15) is 0 Å². The van der Waals surface area contributed by atoms with Gasteiger partial charge in [0.15, 0.2) is 0 Å². The second kappa shape index (κ2) is 3.23. The van der Waals surface area contributed by atoms with Crippen LogP contribution in [0, 0.1) is 11.8 Å². The highest BCUT2D eigenvalue weighted by Crippen LogP contribution is 2.50. The molecule has 2 aliphatic rings. The lowest BCUT2D eigenvalue weighted by molar-refractivity contribution is 0.297. The van der Waals surface area contributed by atoms with Gasteiger partial charge in [0, 0.05) is 0 Å². The Bertz CT molecular complexity index is 336. The molecule has 0 amide bonds. The van der Waals surface area contributed by atoms with Gasteiger partial charge < -0.3 is 0 Å². The van der Waals surface area contributed by atoms with Crippen molar-refractivity contribution in [2.75, 3.05) is 0 Å². The van der Waals surface area contributed by atoms with Gasteiger partial charge in [-0.1, -0.05) is 11.6 Å². The number of alkyl halides is 1. The molecule has 2 bridgehead atoms. The Hall–Kier alpha value is -0.570. The van der Waals surface area contributed by atoms with Crippen LogP contribution >= 0.6 is 11.6 Å². The largest absolute Gasteiger partial charge is 0.245 e. The van der Waals surface area contributed by atoms with Crippen molar-refractivity contribution in [1.82, 2.24) is 15.0 Å². The van der Waals surface area contributed by atoms with Crippen molar-refractivity contribution in [1.29, 1.82) is 0 Å². The van der Waals surface area contributed by atoms with Gasteiger partial charge in [-0.15, -0.1) is 16.7 Å². The van der Waals surface area contributed by atoms with E-state index < -0.39 is 0 Å². The third kappa shape index (κ3) is 1.18. The minimum atomic E-state index is 0.529. The zero-order valence-electron chi connectivity index (χ0n) is 8.06. The molecule has 3 nitrogen and oxygen atoms in total. The SMILES string of the molecule is ClCc1cnnn1C1CC2CCC1C2. The predicted octanol–water partition coefficient (Wildman–Crippen LogP) is 2.38. The molecule has 3 unspecified atom stereocenters. The van der Waals surface area contributed by atoms with Crippen molar-refractivity contribution in [2.45, 2.75) is 37.6 Å². The first-order chi connectivity index (χ1) is 6.88. The van der Waals surface area contributed by atoms with Crippen molar-refractivity contribution in [3.63, 3.8) is 0 Å². The molecule has 2 saturated carbocycles. The molecule has 0 radical (unpaired) electrons. The molecule has 76 valence electrons. The van der Waals surface area contributed by atoms with E-state index in [1.165, 1.54) is 25.7 Å². The van der Waals surface area contributed by atoms with Crippen molar-refractivity contribution in [3.8, 4) is 0 Å². The van der Waals surface area contributed by atoms with Gasteiger partial charge in [-0.3, -0.25) is 0 Å². The molecule has 0 N–H and O–H groups in total. The summed E-state index contributed by atoms with van der Waals surface area (Å²) in [6, 6.07) is 0.588. The van der Waals surface area contributed by atoms with E-state index in [2.05, 4.69) is 15.0 Å². The van der Waals surface area contributed by atoms with E-state index in [-0.39, 0.29) is 0 Å². The average Bonchev–Trinajstić information content (AvgIpc) is 2.92. The van der Waals surface area contributed by atoms with Gasteiger partial charge in [0.1, 0.15) is 0 Å². The van der Waals surface area contributed by atoms with Crippen molar-refractivity contribution < 1.29 is 0 Å². The molecular weight excluding hydrogens is 198 g/mol. The van der Waals surface area contributed by atoms with E-state index in [0.29, 0.717) is 11.9 Å². The summed E-state index contributed by atoms with van der Waals surface area (Å²) in [5, 5.41) is 8.12. The van der Waals surface area contributed by atoms with Crippen molar-refractivity contribution in [3.05, 3.63) is 11.9 Å². The standard InChI is InChI=1S/C10H14ClN3/c11-5-9-6-12-13-14(9)10-4-7-1-2-8(10)3-7/h6-8,10H,1-5H2. The highest BCUT2D eigenvalue weighted by atomic mass is 35.5. The second-order valence-electron chi connectivity index (χ2n) is 4.55. The first-order valence-corrected chi connectivity index (χ1v) is 5.87. The summed E-state index contributed by atoms with van der Waals surface area (Å²) in [4.78, 5) is 0. The fourth-order valence-corrected chi connectivity index (χ4v) is 3.34. The topological polar surface area (TPSA) is 30.7 Å². The van der Waals surface area contributed by atoms with Crippen LogP contribution in [0.4, 0.5) is 0 Å². The van der Waals surface area contributed by atoms with Gasteiger partial charge >= 0.3 is 0 Å². The molecule has 3 rings (SSSR count). The number of rotatable bonds is 2. The minimum absolute atomic E-state index is 0.529. The molecule has 0 saturated heterocycles. The maximum atomic E-state index is 5.85. The lowest BCUT2D eigenvalue weighted by atomic mass is 9.95. The lowest BCUT2D eigenvalue weighted by Crippen LogP contribution is -2.19. The molecule has 1 aromatic rings. The highest BCUT2D eigenvalue weighted by Gasteiger charge is 2.41. The maximum Gasteiger partial charge on any atom is 0.0738 e. The Morgan fingerprint density at radius 2 is 2.36 bits per heavy atom. The number of hydrogen-bond acceptors (Lipinski definition) is 2. The first-order valence-electron chi connectivity index (χ1n) is 5.33. The van der Waals surface area contributed by atoms with Crippen LogP contribution in [0.3, 0.4) is 0 Å². The molecule has 4 heteroatoms. The number of halogens is 1. The Morgan fingerprint density at radius 1 is 1.43 bits per heavy atom. The van der Waals surface area contributed by atoms with E-state index >= 15 is 0 Å². The predicted molar refractivity (Wildman–Crippen MR) is 54.1 cm³/mol. The molecular formula is C10H14ClN3. The van der Waals surface area contributed by atoms with Crippen LogP contribution in [0.2, 0.25) is 0 Å². The van der Waals surface area contributed by atoms with Crippen LogP contribution in [-0.4, -0.2) is 15.0 Å². The fourth-order valence-electron chi connectivity index (χ4n) is 3.15. The Morgan fingerprint density at radius 3 is 3.00 bits per heavy atom. The maximum absolute atomic E-state index is 5.85. The molecule has 1 aromatic heterocycles. The van der Waals surface area contributed by atoms with E-state index in [4.69, 9.17) is 11.6 Å². The first kappa shape index (κ1) is 8.72. The highest BCUT2D eigenvalue weighted by molar-refractivity contribution is 6.16. The van der Waals surface area contributed by atoms with Gasteiger partial charge in [0.2, 0.25) is 0 Å². The second-order valence-corrected chi connectivity index (χ2v) is 4.81. The Labute approximate surface area is 88.4 Å². The van der Waals surface area contributed by atoms with Gasteiger partial charge in [0.05, 0.1) is 23.8 Å². The summed E-state index contributed by atoms with van der Waals surface area (Å²) >= 11 is 5.85. The number of hydrogen-bond donors (Lipinski definition) is 0. The molecule has 1 heterocycles. The van der Waals surface area contributed by atoms with E-state index in [1.807, 2.05) is 0 Å². The van der Waals surface area contributed by atoms with Crippen molar-refractivity contribution in [2.24, 2.45) is 11.8 Å². The van der Waals surface area contributed by atoms with Gasteiger partial charge in [0.25, 0.3) is 0 Å². The van der Waals surface area contributed by atoms with Gasteiger partial charge in [-0.05, 0) is 31.1 Å². The molecule has 14 heavy (non-hydrogen) atoms. The smallest absolute Gasteiger partial charge is 0.0738 e. The summed E-state index contributed by atoms with van der Waals surface area (Å²) in [5.41, 5.74) is 1.07. The Balaban J connectivity index is 1.89. The minimum Gasteiger partial charge on any atom is -0.245 e. The Kier molecular flexibility index (Phi) is 2.01. The summed E-state index contributed by atoms with van der Waals surface area (Å²) in [5.74, 6) is 2.31. The molecule has 3 atom stereocenters. The number of fused-ring (bicyclic) bond motifs is 2. The summed E-state index contributed by atoms with van der Waals surface area (Å²) < 4.78 is 2.07. The molecule has 2 fully saturated rings. The van der Waals surface area contributed by atoms with Gasteiger partial charge in [-0.25, -0.2) is 4.68 Å². The van der Waals surface area contributed by atoms with E-state index in [1.54, 1.807) is 6.20 Å². The monoisotopic (exact) mass is 211 g/mol. The van der Waals surface area contributed by atoms with Crippen LogP contribution in [0.1, 0.15) is 37.4 Å². The molecule has 0 aliphatic heterocycles. The van der Waals surface area contributed by atoms with E-state index in [9.17, 15) is 0 Å². The zero-order chi connectivity index (χ0) is 9.54. The fraction of sp³-hybridized carbons (Fsp3) is 0.800. The van der Waals surface area contributed by atoms with Crippen LogP contribution in [0.15, 0.2) is 6.20 Å². The summed E-state index contributed by atoms with van der Waals surface area (Å²) in [7, 11) is 0. The summed E-state index contributed by atoms with van der Waals surface area (Å²) in [6.07, 6.45) is 7.27. The normalized spacial score (nSPS) is 35.4. The van der Waals surface area contributed by atoms with Crippen LogP contribution in [0.5, 0.6) is 0 Å². The molecule has 0 aromatic carbocycles. The third-order valence-corrected chi connectivity index (χ3v) is 4.07. The quantitative estimate of drug-likeness (QED) is 0.704. The van der Waals surface area contributed by atoms with E-state index in [0.717, 1.165) is 17.5 Å². The number of nitrogens with zero attached hydrogens (tertiary/aromatic N) is 3. The molecule has 0 spiro atoms. The van der Waals surface area contributed by atoms with Crippen LogP contribution in [-0.2, 0) is 5.88 Å².